The zero-order valence-electron chi connectivity index (χ0n) is 11.2. The van der Waals surface area contributed by atoms with E-state index in [0.717, 1.165) is 16.9 Å². The summed E-state index contributed by atoms with van der Waals surface area (Å²) in [6.07, 6.45) is -0.227. The van der Waals surface area contributed by atoms with Gasteiger partial charge >= 0.3 is 0 Å². The Balaban J connectivity index is 2.27. The molecule has 2 rings (SSSR count). The van der Waals surface area contributed by atoms with Crippen LogP contribution in [0, 0.1) is 13.8 Å². The Morgan fingerprint density at radius 3 is 2.53 bits per heavy atom. The first-order chi connectivity index (χ1) is 9.11. The van der Waals surface area contributed by atoms with E-state index >= 15 is 0 Å². The standard InChI is InChI=1S/C16H18ClNO/c1-11-7-8-15(12(2)9-11)19-16(10-18)13-5-3-4-6-14(13)17/h3-9,16H,10,18H2,1-2H3. The number of nitrogens with two attached hydrogens (primary N) is 1. The second kappa shape index (κ2) is 6.09. The van der Waals surface area contributed by atoms with E-state index in [2.05, 4.69) is 13.0 Å². The molecule has 2 N–H and O–H groups in total. The molecule has 0 saturated carbocycles. The number of hydrogen-bond acceptors (Lipinski definition) is 2. The Morgan fingerprint density at radius 1 is 1.16 bits per heavy atom. The predicted octanol–water partition coefficient (Wildman–Crippen LogP) is 4.04. The zero-order chi connectivity index (χ0) is 13.8. The van der Waals surface area contributed by atoms with Crippen LogP contribution in [0.25, 0.3) is 0 Å². The second-order valence-electron chi connectivity index (χ2n) is 4.63. The highest BCUT2D eigenvalue weighted by molar-refractivity contribution is 6.31. The lowest BCUT2D eigenvalue weighted by molar-refractivity contribution is 0.213. The van der Waals surface area contributed by atoms with Gasteiger partial charge in [-0.05, 0) is 31.5 Å². The largest absolute Gasteiger partial charge is 0.484 e. The van der Waals surface area contributed by atoms with Crippen LogP contribution in [0.4, 0.5) is 0 Å². The molecule has 0 aliphatic heterocycles. The quantitative estimate of drug-likeness (QED) is 0.914. The minimum Gasteiger partial charge on any atom is -0.484 e. The van der Waals surface area contributed by atoms with Gasteiger partial charge in [-0.2, -0.15) is 0 Å². The number of ether oxygens (including phenoxy) is 1. The van der Waals surface area contributed by atoms with E-state index in [-0.39, 0.29) is 6.10 Å². The highest BCUT2D eigenvalue weighted by Crippen LogP contribution is 2.29. The van der Waals surface area contributed by atoms with Crippen LogP contribution in [0.3, 0.4) is 0 Å². The molecule has 0 heterocycles. The molecule has 2 aromatic rings. The fraction of sp³-hybridized carbons (Fsp3) is 0.250. The molecule has 3 heteroatoms. The highest BCUT2D eigenvalue weighted by Gasteiger charge is 2.15. The van der Waals surface area contributed by atoms with Crippen molar-refractivity contribution >= 4 is 11.6 Å². The lowest BCUT2D eigenvalue weighted by Crippen LogP contribution is -2.19. The predicted molar refractivity (Wildman–Crippen MR) is 79.8 cm³/mol. The van der Waals surface area contributed by atoms with Crippen molar-refractivity contribution in [2.24, 2.45) is 5.73 Å². The van der Waals surface area contributed by atoms with E-state index in [4.69, 9.17) is 22.1 Å². The summed E-state index contributed by atoms with van der Waals surface area (Å²) in [5.41, 5.74) is 9.06. The van der Waals surface area contributed by atoms with Crippen molar-refractivity contribution in [3.63, 3.8) is 0 Å². The maximum absolute atomic E-state index is 6.19. The maximum Gasteiger partial charge on any atom is 0.137 e. The number of rotatable bonds is 4. The summed E-state index contributed by atoms with van der Waals surface area (Å²) >= 11 is 6.19. The fourth-order valence-electron chi connectivity index (χ4n) is 2.06. The van der Waals surface area contributed by atoms with Gasteiger partial charge in [0.1, 0.15) is 11.9 Å². The van der Waals surface area contributed by atoms with Gasteiger partial charge in [-0.1, -0.05) is 47.5 Å². The monoisotopic (exact) mass is 275 g/mol. The number of halogens is 1. The number of hydrogen-bond donors (Lipinski definition) is 1. The van der Waals surface area contributed by atoms with E-state index < -0.39 is 0 Å². The SMILES string of the molecule is Cc1ccc(OC(CN)c2ccccc2Cl)c(C)c1. The summed E-state index contributed by atoms with van der Waals surface area (Å²) in [5.74, 6) is 0.848. The van der Waals surface area contributed by atoms with Crippen molar-refractivity contribution in [3.05, 3.63) is 64.2 Å². The van der Waals surface area contributed by atoms with Crippen molar-refractivity contribution in [2.45, 2.75) is 20.0 Å². The van der Waals surface area contributed by atoms with Gasteiger partial charge < -0.3 is 10.5 Å². The molecule has 2 aromatic carbocycles. The van der Waals surface area contributed by atoms with Gasteiger partial charge in [-0.15, -0.1) is 0 Å². The minimum atomic E-state index is -0.227. The molecule has 19 heavy (non-hydrogen) atoms. The Bertz CT molecular complexity index is 568. The van der Waals surface area contributed by atoms with Crippen LogP contribution >= 0.6 is 11.6 Å². The van der Waals surface area contributed by atoms with Gasteiger partial charge in [0.15, 0.2) is 0 Å². The molecular formula is C16H18ClNO. The lowest BCUT2D eigenvalue weighted by Gasteiger charge is -2.20. The van der Waals surface area contributed by atoms with Gasteiger partial charge in [0, 0.05) is 17.1 Å². The van der Waals surface area contributed by atoms with Crippen LogP contribution in [0.5, 0.6) is 5.75 Å². The molecule has 0 radical (unpaired) electrons. The molecule has 0 bridgehead atoms. The molecule has 0 spiro atoms. The van der Waals surface area contributed by atoms with Crippen LogP contribution in [-0.2, 0) is 0 Å². The van der Waals surface area contributed by atoms with E-state index in [9.17, 15) is 0 Å². The average Bonchev–Trinajstić information content (AvgIpc) is 2.39. The Labute approximate surface area is 119 Å². The summed E-state index contributed by atoms with van der Waals surface area (Å²) < 4.78 is 6.01. The third-order valence-electron chi connectivity index (χ3n) is 3.07. The minimum absolute atomic E-state index is 0.227. The maximum atomic E-state index is 6.19. The summed E-state index contributed by atoms with van der Waals surface area (Å²) in [4.78, 5) is 0. The van der Waals surface area contributed by atoms with Crippen molar-refractivity contribution in [3.8, 4) is 5.75 Å². The molecule has 0 fully saturated rings. The average molecular weight is 276 g/mol. The van der Waals surface area contributed by atoms with Crippen molar-refractivity contribution in [1.29, 1.82) is 0 Å². The second-order valence-corrected chi connectivity index (χ2v) is 5.04. The molecular weight excluding hydrogens is 258 g/mol. The van der Waals surface area contributed by atoms with Gasteiger partial charge in [0.25, 0.3) is 0 Å². The third kappa shape index (κ3) is 3.28. The summed E-state index contributed by atoms with van der Waals surface area (Å²) in [5, 5.41) is 0.683. The lowest BCUT2D eigenvalue weighted by atomic mass is 10.1. The number of benzene rings is 2. The first kappa shape index (κ1) is 13.9. The molecule has 0 aliphatic rings. The summed E-state index contributed by atoms with van der Waals surface area (Å²) in [7, 11) is 0. The third-order valence-corrected chi connectivity index (χ3v) is 3.41. The molecule has 0 aromatic heterocycles. The van der Waals surface area contributed by atoms with Gasteiger partial charge in [0.05, 0.1) is 0 Å². The molecule has 1 unspecified atom stereocenters. The van der Waals surface area contributed by atoms with Crippen molar-refractivity contribution < 1.29 is 4.74 Å². The normalized spacial score (nSPS) is 12.2. The molecule has 1 atom stereocenters. The Hall–Kier alpha value is -1.51. The van der Waals surface area contributed by atoms with Gasteiger partial charge in [0.2, 0.25) is 0 Å². The molecule has 100 valence electrons. The fourth-order valence-corrected chi connectivity index (χ4v) is 2.32. The first-order valence-corrected chi connectivity index (χ1v) is 6.68. The highest BCUT2D eigenvalue weighted by atomic mass is 35.5. The van der Waals surface area contributed by atoms with Gasteiger partial charge in [-0.3, -0.25) is 0 Å². The van der Waals surface area contributed by atoms with Gasteiger partial charge in [-0.25, -0.2) is 0 Å². The zero-order valence-corrected chi connectivity index (χ0v) is 11.9. The summed E-state index contributed by atoms with van der Waals surface area (Å²) in [6.45, 7) is 4.48. The Kier molecular flexibility index (Phi) is 4.46. The van der Waals surface area contributed by atoms with Crippen LogP contribution in [-0.4, -0.2) is 6.54 Å². The topological polar surface area (TPSA) is 35.2 Å². The Morgan fingerprint density at radius 2 is 1.89 bits per heavy atom. The van der Waals surface area contributed by atoms with E-state index in [1.165, 1.54) is 5.56 Å². The van der Waals surface area contributed by atoms with Crippen LogP contribution < -0.4 is 10.5 Å². The van der Waals surface area contributed by atoms with E-state index in [1.807, 2.05) is 43.3 Å². The van der Waals surface area contributed by atoms with Crippen LogP contribution in [0.2, 0.25) is 5.02 Å². The van der Waals surface area contributed by atoms with E-state index in [1.54, 1.807) is 0 Å². The molecule has 0 saturated heterocycles. The van der Waals surface area contributed by atoms with Crippen LogP contribution in [0.1, 0.15) is 22.8 Å². The number of aryl methyl sites for hydroxylation is 2. The van der Waals surface area contributed by atoms with E-state index in [0.29, 0.717) is 11.6 Å². The van der Waals surface area contributed by atoms with Crippen molar-refractivity contribution in [1.82, 2.24) is 0 Å². The first-order valence-electron chi connectivity index (χ1n) is 6.30. The molecule has 2 nitrogen and oxygen atoms in total. The molecule has 0 amide bonds. The smallest absolute Gasteiger partial charge is 0.137 e. The molecule has 0 aliphatic carbocycles. The van der Waals surface area contributed by atoms with Crippen LogP contribution in [0.15, 0.2) is 42.5 Å². The van der Waals surface area contributed by atoms with Crippen molar-refractivity contribution in [2.75, 3.05) is 6.54 Å². The summed E-state index contributed by atoms with van der Waals surface area (Å²) in [6, 6.07) is 13.7.